The van der Waals surface area contributed by atoms with Gasteiger partial charge in [-0.25, -0.2) is 4.79 Å². The summed E-state index contributed by atoms with van der Waals surface area (Å²) in [4.78, 5) is 34.2. The lowest BCUT2D eigenvalue weighted by Crippen LogP contribution is -2.49. The summed E-state index contributed by atoms with van der Waals surface area (Å²) < 4.78 is 17.7. The fraction of sp³-hybridized carbons (Fsp3) is 0.658. The molecule has 1 aromatic heterocycles. The Morgan fingerprint density at radius 1 is 1.16 bits per heavy atom. The summed E-state index contributed by atoms with van der Waals surface area (Å²) in [6.45, 7) is 13.9. The molecule has 0 radical (unpaired) electrons. The van der Waals surface area contributed by atoms with E-state index < -0.39 is 36.0 Å². The van der Waals surface area contributed by atoms with Crippen LogP contribution in [0.4, 0.5) is 10.5 Å². The number of aliphatic hydroxyl groups is 3. The van der Waals surface area contributed by atoms with Crippen molar-refractivity contribution in [3.63, 3.8) is 0 Å². The third-order valence-electron chi connectivity index (χ3n) is 10.1. The van der Waals surface area contributed by atoms with Crippen LogP contribution in [0.2, 0.25) is 0 Å². The maximum absolute atomic E-state index is 13.3. The normalized spacial score (nSPS) is 31.2. The molecule has 2 fully saturated rings. The summed E-state index contributed by atoms with van der Waals surface area (Å²) >= 11 is 0. The Balaban J connectivity index is 1.41. The lowest BCUT2D eigenvalue weighted by atomic mass is 9.91. The monoisotopic (exact) mass is 683 g/mol. The van der Waals surface area contributed by atoms with E-state index in [0.29, 0.717) is 51.9 Å². The number of aliphatic hydroxyl groups excluding tert-OH is 2. The molecule has 1 aromatic rings. The lowest BCUT2D eigenvalue weighted by Gasteiger charge is -2.36. The highest BCUT2D eigenvalue weighted by Gasteiger charge is 2.47. The van der Waals surface area contributed by atoms with E-state index in [1.165, 1.54) is 0 Å². The van der Waals surface area contributed by atoms with E-state index >= 15 is 0 Å². The van der Waals surface area contributed by atoms with Gasteiger partial charge in [-0.2, -0.15) is 0 Å². The molecule has 3 aliphatic rings. The highest BCUT2D eigenvalue weighted by Crippen LogP contribution is 2.37. The number of carbonyl (C=O) groups is 2. The summed E-state index contributed by atoms with van der Waals surface area (Å²) in [5.74, 6) is -0.834. The standard InChI is InChI=1S/C38H57N3O8/c1-7-31(43)28(5)36-33(47-36)24-38(6,46)16-8-9-26(3)35-27(4)11-13-32(25(2)10-12-30(42)23-34(44)49-35)48-37(45)41-21-19-40(20-22-41)29-14-17-39-18-15-29/h8-9,11,13-18,25,27-28,30-33,35-36,42-43,46H,7,10,12,19-24H2,1-6H3. The number of rotatable bonds is 10. The largest absolute Gasteiger partial charge is 0.457 e. The van der Waals surface area contributed by atoms with Gasteiger partial charge in [0.1, 0.15) is 12.2 Å². The molecule has 49 heavy (non-hydrogen) atoms. The fourth-order valence-electron chi connectivity index (χ4n) is 6.69. The number of ether oxygens (including phenoxy) is 3. The minimum absolute atomic E-state index is 0.000600. The molecular weight excluding hydrogens is 626 g/mol. The van der Waals surface area contributed by atoms with Gasteiger partial charge in [0.05, 0.1) is 36.4 Å². The second kappa shape index (κ2) is 17.6. The van der Waals surface area contributed by atoms with Crippen LogP contribution in [0.5, 0.6) is 0 Å². The number of carbonyl (C=O) groups excluding carboxylic acids is 2. The second-order valence-corrected chi connectivity index (χ2v) is 14.4. The number of anilines is 1. The molecule has 272 valence electrons. The van der Waals surface area contributed by atoms with Crippen molar-refractivity contribution in [1.82, 2.24) is 9.88 Å². The second-order valence-electron chi connectivity index (χ2n) is 14.4. The number of pyridine rings is 1. The molecule has 1 amide bonds. The number of esters is 1. The molecule has 10 atom stereocenters. The molecule has 3 N–H and O–H groups in total. The Morgan fingerprint density at radius 2 is 1.86 bits per heavy atom. The van der Waals surface area contributed by atoms with Crippen LogP contribution < -0.4 is 4.90 Å². The number of piperazine rings is 1. The van der Waals surface area contributed by atoms with Gasteiger partial charge in [0.15, 0.2) is 0 Å². The first kappa shape index (κ1) is 38.6. The Kier molecular flexibility index (Phi) is 13.9. The van der Waals surface area contributed by atoms with Crippen molar-refractivity contribution < 1.29 is 39.1 Å². The maximum Gasteiger partial charge on any atom is 0.410 e. The Bertz CT molecular complexity index is 1310. The molecule has 0 saturated carbocycles. The van der Waals surface area contributed by atoms with Crippen molar-refractivity contribution in [3.8, 4) is 0 Å². The number of hydrogen-bond donors (Lipinski definition) is 3. The van der Waals surface area contributed by atoms with Gasteiger partial charge >= 0.3 is 12.1 Å². The number of nitrogens with zero attached hydrogens (tertiary/aromatic N) is 3. The molecule has 2 saturated heterocycles. The lowest BCUT2D eigenvalue weighted by molar-refractivity contribution is -0.151. The average molecular weight is 684 g/mol. The number of cyclic esters (lactones) is 1. The van der Waals surface area contributed by atoms with Gasteiger partial charge in [0.25, 0.3) is 0 Å². The first-order valence-corrected chi connectivity index (χ1v) is 17.9. The van der Waals surface area contributed by atoms with Crippen molar-refractivity contribution in [1.29, 1.82) is 0 Å². The van der Waals surface area contributed by atoms with Gasteiger partial charge in [-0.05, 0) is 62.8 Å². The van der Waals surface area contributed by atoms with Crippen LogP contribution in [0.1, 0.15) is 73.6 Å². The van der Waals surface area contributed by atoms with Crippen LogP contribution >= 0.6 is 0 Å². The average Bonchev–Trinajstić information content (AvgIpc) is 3.84. The molecule has 4 heterocycles. The van der Waals surface area contributed by atoms with E-state index in [-0.39, 0.29) is 42.5 Å². The molecular formula is C38H57N3O8. The summed E-state index contributed by atoms with van der Waals surface area (Å²) in [6.07, 6.45) is 11.5. The van der Waals surface area contributed by atoms with Crippen molar-refractivity contribution in [3.05, 3.63) is 60.5 Å². The van der Waals surface area contributed by atoms with Gasteiger partial charge in [-0.3, -0.25) is 9.78 Å². The third kappa shape index (κ3) is 11.4. The number of aromatic nitrogens is 1. The Labute approximate surface area is 291 Å². The van der Waals surface area contributed by atoms with Crippen molar-refractivity contribution in [2.24, 2.45) is 17.8 Å². The first-order chi connectivity index (χ1) is 23.3. The Hall–Kier alpha value is -3.25. The van der Waals surface area contributed by atoms with Crippen LogP contribution in [-0.4, -0.2) is 106 Å². The molecule has 10 unspecified atom stereocenters. The molecule has 0 bridgehead atoms. The number of allylic oxidation sites excluding steroid dienone is 2. The predicted molar refractivity (Wildman–Crippen MR) is 188 cm³/mol. The third-order valence-corrected chi connectivity index (χ3v) is 10.1. The number of hydrogen-bond acceptors (Lipinski definition) is 10. The van der Waals surface area contributed by atoms with Gasteiger partial charge in [-0.1, -0.05) is 52.0 Å². The van der Waals surface area contributed by atoms with E-state index in [2.05, 4.69) is 9.88 Å². The van der Waals surface area contributed by atoms with Gasteiger partial charge in [0, 0.05) is 62.5 Å². The molecule has 0 spiro atoms. The van der Waals surface area contributed by atoms with Gasteiger partial charge < -0.3 is 39.3 Å². The van der Waals surface area contributed by atoms with E-state index in [4.69, 9.17) is 14.2 Å². The highest BCUT2D eigenvalue weighted by molar-refractivity contribution is 5.70. The Morgan fingerprint density at radius 3 is 2.53 bits per heavy atom. The zero-order chi connectivity index (χ0) is 35.7. The number of amides is 1. The summed E-state index contributed by atoms with van der Waals surface area (Å²) in [5.41, 5.74) is 0.704. The summed E-state index contributed by atoms with van der Waals surface area (Å²) in [6, 6.07) is 3.92. The van der Waals surface area contributed by atoms with E-state index in [0.717, 1.165) is 11.3 Å². The zero-order valence-electron chi connectivity index (χ0n) is 30.0. The molecule has 11 heteroatoms. The van der Waals surface area contributed by atoms with Crippen LogP contribution in [0.15, 0.2) is 60.5 Å². The minimum Gasteiger partial charge on any atom is -0.457 e. The molecule has 0 aliphatic carbocycles. The van der Waals surface area contributed by atoms with Crippen LogP contribution in [0.3, 0.4) is 0 Å². The van der Waals surface area contributed by atoms with Gasteiger partial charge in [0.2, 0.25) is 0 Å². The molecule has 11 nitrogen and oxygen atoms in total. The topological polar surface area (TPSA) is 145 Å². The summed E-state index contributed by atoms with van der Waals surface area (Å²) in [7, 11) is 0. The predicted octanol–water partition coefficient (Wildman–Crippen LogP) is 4.81. The molecule has 0 aromatic carbocycles. The number of epoxide rings is 1. The minimum atomic E-state index is -1.13. The zero-order valence-corrected chi connectivity index (χ0v) is 30.0. The quantitative estimate of drug-likeness (QED) is 0.136. The first-order valence-electron chi connectivity index (χ1n) is 17.9. The smallest absolute Gasteiger partial charge is 0.410 e. The van der Waals surface area contributed by atoms with Crippen molar-refractivity contribution in [2.45, 2.75) is 116 Å². The van der Waals surface area contributed by atoms with Crippen LogP contribution in [0, 0.1) is 17.8 Å². The van der Waals surface area contributed by atoms with Crippen molar-refractivity contribution in [2.75, 3.05) is 31.1 Å². The van der Waals surface area contributed by atoms with Gasteiger partial charge in [-0.15, -0.1) is 0 Å². The van der Waals surface area contributed by atoms with Crippen LogP contribution in [0.25, 0.3) is 0 Å². The van der Waals surface area contributed by atoms with E-state index in [1.807, 2.05) is 65.0 Å². The molecule has 3 aliphatic heterocycles. The highest BCUT2D eigenvalue weighted by atomic mass is 16.6. The van der Waals surface area contributed by atoms with E-state index in [1.54, 1.807) is 36.4 Å². The van der Waals surface area contributed by atoms with Crippen molar-refractivity contribution >= 4 is 17.7 Å². The maximum atomic E-state index is 13.3. The SMILES string of the molecule is CCC(O)C(C)C1OC1CC(C)(O)C=CC=C(C)C1OC(=O)CC(O)CCC(C)C(OC(=O)N2CCN(c3ccncc3)CC2)C=CC1C. The van der Waals surface area contributed by atoms with Crippen LogP contribution in [-0.2, 0) is 19.0 Å². The van der Waals surface area contributed by atoms with E-state index in [9.17, 15) is 24.9 Å². The molecule has 4 rings (SSSR count). The fourth-order valence-corrected chi connectivity index (χ4v) is 6.69. The summed E-state index contributed by atoms with van der Waals surface area (Å²) in [5, 5.41) is 31.8.